The number of aldehydes is 1. The topological polar surface area (TPSA) is 142 Å². The van der Waals surface area contributed by atoms with Crippen LogP contribution in [0.1, 0.15) is 33.6 Å². The van der Waals surface area contributed by atoms with Crippen molar-refractivity contribution in [3.05, 3.63) is 29.3 Å². The molecule has 1 unspecified atom stereocenters. The number of benzene rings is 1. The maximum atomic E-state index is 12.8. The van der Waals surface area contributed by atoms with Crippen LogP contribution in [0.25, 0.3) is 0 Å². The number of fused-ring (bicyclic) bond motifs is 1. The van der Waals surface area contributed by atoms with Crippen LogP contribution in [0.4, 0.5) is 0 Å². The van der Waals surface area contributed by atoms with Gasteiger partial charge in [-0.2, -0.15) is 0 Å². The molecule has 10 heteroatoms. The van der Waals surface area contributed by atoms with Crippen LogP contribution in [0.3, 0.4) is 0 Å². The van der Waals surface area contributed by atoms with E-state index in [1.807, 2.05) is 0 Å². The Morgan fingerprint density at radius 3 is 2.64 bits per heavy atom. The number of aliphatic hydroxyl groups excluding tert-OH is 1. The van der Waals surface area contributed by atoms with Gasteiger partial charge < -0.3 is 25.3 Å². The van der Waals surface area contributed by atoms with Crippen LogP contribution in [0.15, 0.2) is 18.2 Å². The smallest absolute Gasteiger partial charge is 0.265 e. The molecule has 0 aliphatic carbocycles. The van der Waals surface area contributed by atoms with E-state index in [-0.39, 0.29) is 48.8 Å². The Labute approximate surface area is 160 Å². The van der Waals surface area contributed by atoms with E-state index in [9.17, 15) is 24.0 Å². The van der Waals surface area contributed by atoms with E-state index in [2.05, 4.69) is 10.6 Å². The second kappa shape index (κ2) is 9.60. The van der Waals surface area contributed by atoms with E-state index in [1.54, 1.807) is 0 Å². The van der Waals surface area contributed by atoms with Crippen molar-refractivity contribution in [3.63, 3.8) is 0 Å². The van der Waals surface area contributed by atoms with Crippen LogP contribution >= 0.6 is 0 Å². The zero-order valence-electron chi connectivity index (χ0n) is 15.3. The van der Waals surface area contributed by atoms with Gasteiger partial charge in [0, 0.05) is 20.0 Å². The Bertz CT molecular complexity index is 793. The molecule has 0 aromatic heterocycles. The first-order valence-corrected chi connectivity index (χ1v) is 8.61. The number of hydrogen-bond acceptors (Lipinski definition) is 7. The van der Waals surface area contributed by atoms with Crippen molar-refractivity contribution < 1.29 is 33.8 Å². The SMILES string of the molecule is CNC(=O)CCC(C=O)N1C(=O)c2cccc(OCC(=O)NCCO)c2C1=O. The average Bonchev–Trinajstić information content (AvgIpc) is 2.96. The number of imide groups is 1. The molecular formula is C18H21N3O7. The summed E-state index contributed by atoms with van der Waals surface area (Å²) >= 11 is 0. The Kier molecular flexibility index (Phi) is 7.21. The molecule has 150 valence electrons. The van der Waals surface area contributed by atoms with Crippen LogP contribution < -0.4 is 15.4 Å². The van der Waals surface area contributed by atoms with Crippen molar-refractivity contribution in [2.45, 2.75) is 18.9 Å². The summed E-state index contributed by atoms with van der Waals surface area (Å²) in [5.74, 6) is -2.17. The molecule has 1 aliphatic rings. The van der Waals surface area contributed by atoms with Crippen LogP contribution in [0.5, 0.6) is 5.75 Å². The molecule has 1 aliphatic heterocycles. The van der Waals surface area contributed by atoms with E-state index in [0.29, 0.717) is 6.29 Å². The monoisotopic (exact) mass is 391 g/mol. The number of carbonyl (C=O) groups is 5. The quantitative estimate of drug-likeness (QED) is 0.338. The lowest BCUT2D eigenvalue weighted by Crippen LogP contribution is -2.41. The Morgan fingerprint density at radius 1 is 1.25 bits per heavy atom. The minimum absolute atomic E-state index is 0.00556. The third-order valence-electron chi connectivity index (χ3n) is 4.14. The van der Waals surface area contributed by atoms with E-state index < -0.39 is 30.4 Å². The third kappa shape index (κ3) is 4.52. The van der Waals surface area contributed by atoms with Crippen LogP contribution in [0, 0.1) is 0 Å². The molecule has 1 heterocycles. The van der Waals surface area contributed by atoms with Crippen molar-refractivity contribution >= 4 is 29.9 Å². The van der Waals surface area contributed by atoms with Crippen molar-refractivity contribution in [2.24, 2.45) is 0 Å². The van der Waals surface area contributed by atoms with E-state index in [1.165, 1.54) is 25.2 Å². The molecule has 0 radical (unpaired) electrons. The zero-order valence-corrected chi connectivity index (χ0v) is 15.3. The van der Waals surface area contributed by atoms with Crippen molar-refractivity contribution in [2.75, 3.05) is 26.8 Å². The van der Waals surface area contributed by atoms with Crippen LogP contribution in [0.2, 0.25) is 0 Å². The van der Waals surface area contributed by atoms with Gasteiger partial charge in [-0.05, 0) is 18.6 Å². The molecule has 10 nitrogen and oxygen atoms in total. The lowest BCUT2D eigenvalue weighted by atomic mass is 10.1. The fraction of sp³-hybridized carbons (Fsp3) is 0.389. The van der Waals surface area contributed by atoms with Gasteiger partial charge in [-0.3, -0.25) is 24.1 Å². The van der Waals surface area contributed by atoms with Gasteiger partial charge in [0.25, 0.3) is 17.7 Å². The zero-order chi connectivity index (χ0) is 20.7. The van der Waals surface area contributed by atoms with Gasteiger partial charge in [0.2, 0.25) is 5.91 Å². The normalized spacial score (nSPS) is 13.7. The number of amides is 4. The number of ether oxygens (including phenoxy) is 1. The van der Waals surface area contributed by atoms with Gasteiger partial charge in [-0.1, -0.05) is 6.07 Å². The number of nitrogens with zero attached hydrogens (tertiary/aromatic N) is 1. The first-order chi connectivity index (χ1) is 13.4. The highest BCUT2D eigenvalue weighted by Crippen LogP contribution is 2.32. The van der Waals surface area contributed by atoms with E-state index >= 15 is 0 Å². The Hall–Kier alpha value is -3.27. The molecule has 0 bridgehead atoms. The third-order valence-corrected chi connectivity index (χ3v) is 4.14. The summed E-state index contributed by atoms with van der Waals surface area (Å²) in [6.07, 6.45) is 0.420. The Morgan fingerprint density at radius 2 is 2.00 bits per heavy atom. The minimum Gasteiger partial charge on any atom is -0.483 e. The summed E-state index contributed by atoms with van der Waals surface area (Å²) in [4.78, 5) is 60.7. The number of nitrogens with one attached hydrogen (secondary N) is 2. The standard InChI is InChI=1S/C18H21N3O7/c1-19-14(24)6-5-11(9-23)21-17(26)12-3-2-4-13(16(12)18(21)27)28-10-15(25)20-7-8-22/h2-4,9,11,22H,5-8,10H2,1H3,(H,19,24)(H,20,25). The van der Waals surface area contributed by atoms with Crippen molar-refractivity contribution in [1.82, 2.24) is 15.5 Å². The Balaban J connectivity index is 2.18. The fourth-order valence-electron chi connectivity index (χ4n) is 2.75. The summed E-state index contributed by atoms with van der Waals surface area (Å²) in [6, 6.07) is 3.27. The van der Waals surface area contributed by atoms with Gasteiger partial charge in [-0.25, -0.2) is 0 Å². The number of hydrogen-bond donors (Lipinski definition) is 3. The number of carbonyl (C=O) groups excluding carboxylic acids is 5. The highest BCUT2D eigenvalue weighted by atomic mass is 16.5. The summed E-state index contributed by atoms with van der Waals surface area (Å²) in [7, 11) is 1.45. The summed E-state index contributed by atoms with van der Waals surface area (Å²) in [5, 5.41) is 13.5. The summed E-state index contributed by atoms with van der Waals surface area (Å²) in [6.45, 7) is -0.574. The highest BCUT2D eigenvalue weighted by Gasteiger charge is 2.42. The second-order valence-corrected chi connectivity index (χ2v) is 5.94. The van der Waals surface area contributed by atoms with Gasteiger partial charge in [0.15, 0.2) is 6.61 Å². The molecule has 0 saturated heterocycles. The maximum absolute atomic E-state index is 12.8. The van der Waals surface area contributed by atoms with Crippen molar-refractivity contribution in [1.29, 1.82) is 0 Å². The molecule has 0 spiro atoms. The van der Waals surface area contributed by atoms with Gasteiger partial charge in [0.05, 0.1) is 23.8 Å². The van der Waals surface area contributed by atoms with Gasteiger partial charge in [-0.15, -0.1) is 0 Å². The molecule has 2 rings (SSSR count). The van der Waals surface area contributed by atoms with Gasteiger partial charge in [0.1, 0.15) is 12.0 Å². The summed E-state index contributed by atoms with van der Waals surface area (Å²) < 4.78 is 5.36. The molecule has 28 heavy (non-hydrogen) atoms. The molecule has 0 fully saturated rings. The molecule has 4 amide bonds. The highest BCUT2D eigenvalue weighted by molar-refractivity contribution is 6.23. The van der Waals surface area contributed by atoms with E-state index in [0.717, 1.165) is 4.90 Å². The molecule has 1 aromatic rings. The van der Waals surface area contributed by atoms with Gasteiger partial charge >= 0.3 is 0 Å². The lowest BCUT2D eigenvalue weighted by molar-refractivity contribution is -0.123. The fourth-order valence-corrected chi connectivity index (χ4v) is 2.75. The molecule has 1 aromatic carbocycles. The molecule has 0 saturated carbocycles. The molecular weight excluding hydrogens is 370 g/mol. The van der Waals surface area contributed by atoms with Crippen LogP contribution in [-0.2, 0) is 14.4 Å². The maximum Gasteiger partial charge on any atom is 0.265 e. The predicted molar refractivity (Wildman–Crippen MR) is 95.7 cm³/mol. The second-order valence-electron chi connectivity index (χ2n) is 5.94. The lowest BCUT2D eigenvalue weighted by Gasteiger charge is -2.21. The summed E-state index contributed by atoms with van der Waals surface area (Å²) in [5.41, 5.74) is 0.0271. The first kappa shape index (κ1) is 21.0. The molecule has 1 atom stereocenters. The largest absolute Gasteiger partial charge is 0.483 e. The minimum atomic E-state index is -1.09. The average molecular weight is 391 g/mol. The molecule has 3 N–H and O–H groups in total. The first-order valence-electron chi connectivity index (χ1n) is 8.61. The van der Waals surface area contributed by atoms with Crippen LogP contribution in [-0.4, -0.2) is 72.8 Å². The predicted octanol–water partition coefficient (Wildman–Crippen LogP) is -1.14. The van der Waals surface area contributed by atoms with Crippen molar-refractivity contribution in [3.8, 4) is 5.75 Å². The number of rotatable bonds is 10. The van der Waals surface area contributed by atoms with E-state index in [4.69, 9.17) is 9.84 Å². The number of aliphatic hydroxyl groups is 1.